The summed E-state index contributed by atoms with van der Waals surface area (Å²) < 4.78 is 11.0. The highest BCUT2D eigenvalue weighted by molar-refractivity contribution is 5.35. The molecule has 0 heterocycles. The van der Waals surface area contributed by atoms with Crippen LogP contribution in [0.25, 0.3) is 0 Å². The van der Waals surface area contributed by atoms with Crippen molar-refractivity contribution in [1.29, 1.82) is 0 Å². The number of hydrogen-bond donors (Lipinski definition) is 1. The summed E-state index contributed by atoms with van der Waals surface area (Å²) in [6.45, 7) is 8.95. The van der Waals surface area contributed by atoms with E-state index in [-0.39, 0.29) is 0 Å². The Morgan fingerprint density at radius 3 is 2.58 bits per heavy atom. The minimum Gasteiger partial charge on any atom is -0.496 e. The van der Waals surface area contributed by atoms with Gasteiger partial charge in [-0.2, -0.15) is 0 Å². The summed E-state index contributed by atoms with van der Waals surface area (Å²) in [5, 5.41) is 3.53. The van der Waals surface area contributed by atoms with Gasteiger partial charge in [0.05, 0.1) is 13.7 Å². The van der Waals surface area contributed by atoms with Crippen molar-refractivity contribution in [1.82, 2.24) is 5.32 Å². The van der Waals surface area contributed by atoms with E-state index in [0.29, 0.717) is 12.0 Å². The third-order valence-electron chi connectivity index (χ3n) is 3.01. The number of para-hydroxylation sites is 1. The Labute approximate surface area is 117 Å². The second kappa shape index (κ2) is 8.94. The van der Waals surface area contributed by atoms with Gasteiger partial charge in [0.2, 0.25) is 0 Å². The predicted octanol–water partition coefficient (Wildman–Crippen LogP) is 3.41. The highest BCUT2D eigenvalue weighted by Crippen LogP contribution is 2.26. The second-order valence-corrected chi connectivity index (χ2v) is 5.13. The smallest absolute Gasteiger partial charge is 0.123 e. The summed E-state index contributed by atoms with van der Waals surface area (Å²) in [5.41, 5.74) is 1.22. The van der Waals surface area contributed by atoms with Crippen molar-refractivity contribution < 1.29 is 9.47 Å². The lowest BCUT2D eigenvalue weighted by molar-refractivity contribution is 0.110. The topological polar surface area (TPSA) is 30.5 Å². The van der Waals surface area contributed by atoms with Crippen molar-refractivity contribution in [2.24, 2.45) is 5.92 Å². The molecule has 1 N–H and O–H groups in total. The van der Waals surface area contributed by atoms with Crippen molar-refractivity contribution in [3.05, 3.63) is 29.8 Å². The number of rotatable bonds is 9. The average molecular weight is 265 g/mol. The van der Waals surface area contributed by atoms with Crippen LogP contribution in [0.3, 0.4) is 0 Å². The molecule has 0 fully saturated rings. The average Bonchev–Trinajstić information content (AvgIpc) is 2.42. The first-order valence-electron chi connectivity index (χ1n) is 7.13. The van der Waals surface area contributed by atoms with Crippen LogP contribution in [-0.2, 0) is 4.74 Å². The van der Waals surface area contributed by atoms with Crippen LogP contribution < -0.4 is 10.1 Å². The number of methoxy groups -OCH3 is 1. The molecule has 0 saturated heterocycles. The minimum atomic E-state index is 0.318. The SMILES string of the molecule is CCC(NCCOCC(C)C)c1ccccc1OC. The lowest BCUT2D eigenvalue weighted by Crippen LogP contribution is -2.25. The highest BCUT2D eigenvalue weighted by atomic mass is 16.5. The number of hydrogen-bond acceptors (Lipinski definition) is 3. The van der Waals surface area contributed by atoms with Crippen molar-refractivity contribution in [2.75, 3.05) is 26.9 Å². The Bertz CT molecular complexity index is 352. The first-order chi connectivity index (χ1) is 9.19. The zero-order valence-electron chi connectivity index (χ0n) is 12.6. The van der Waals surface area contributed by atoms with Gasteiger partial charge in [-0.3, -0.25) is 0 Å². The number of benzene rings is 1. The molecule has 0 aliphatic rings. The normalized spacial score (nSPS) is 12.7. The molecule has 1 aromatic rings. The molecule has 0 aromatic heterocycles. The molecule has 19 heavy (non-hydrogen) atoms. The van der Waals surface area contributed by atoms with E-state index < -0.39 is 0 Å². The van der Waals surface area contributed by atoms with Gasteiger partial charge in [0.1, 0.15) is 5.75 Å². The maximum absolute atomic E-state index is 5.59. The first kappa shape index (κ1) is 16.0. The van der Waals surface area contributed by atoms with E-state index in [0.717, 1.165) is 31.9 Å². The van der Waals surface area contributed by atoms with Gasteiger partial charge >= 0.3 is 0 Å². The quantitative estimate of drug-likeness (QED) is 0.694. The van der Waals surface area contributed by atoms with E-state index in [1.807, 2.05) is 12.1 Å². The molecule has 0 radical (unpaired) electrons. The molecule has 0 aliphatic heterocycles. The third kappa shape index (κ3) is 5.62. The van der Waals surface area contributed by atoms with Crippen molar-refractivity contribution in [3.63, 3.8) is 0 Å². The lowest BCUT2D eigenvalue weighted by Gasteiger charge is -2.20. The summed E-state index contributed by atoms with van der Waals surface area (Å²) in [6.07, 6.45) is 1.03. The standard InChI is InChI=1S/C16H27NO2/c1-5-15(17-10-11-19-12-13(2)3)14-8-6-7-9-16(14)18-4/h6-9,13,15,17H,5,10-12H2,1-4H3. The van der Waals surface area contributed by atoms with Crippen molar-refractivity contribution >= 4 is 0 Å². The van der Waals surface area contributed by atoms with Crippen molar-refractivity contribution in [2.45, 2.75) is 33.2 Å². The molecule has 108 valence electrons. The largest absolute Gasteiger partial charge is 0.496 e. The molecule has 0 aliphatic carbocycles. The molecule has 1 aromatic carbocycles. The highest BCUT2D eigenvalue weighted by Gasteiger charge is 2.12. The molecule has 1 rings (SSSR count). The molecule has 3 nitrogen and oxygen atoms in total. The van der Waals surface area contributed by atoms with Crippen LogP contribution in [0.1, 0.15) is 38.8 Å². The van der Waals surface area contributed by atoms with Crippen LogP contribution in [0.5, 0.6) is 5.75 Å². The molecular weight excluding hydrogens is 238 g/mol. The van der Waals surface area contributed by atoms with E-state index in [2.05, 4.69) is 38.2 Å². The van der Waals surface area contributed by atoms with Crippen LogP contribution in [0, 0.1) is 5.92 Å². The predicted molar refractivity (Wildman–Crippen MR) is 79.7 cm³/mol. The molecule has 1 atom stereocenters. The number of nitrogens with one attached hydrogen (secondary N) is 1. The van der Waals surface area contributed by atoms with Gasteiger partial charge in [-0.15, -0.1) is 0 Å². The van der Waals surface area contributed by atoms with E-state index in [4.69, 9.17) is 9.47 Å². The van der Waals surface area contributed by atoms with Gasteiger partial charge in [0.25, 0.3) is 0 Å². The summed E-state index contributed by atoms with van der Waals surface area (Å²) in [6, 6.07) is 8.50. The van der Waals surface area contributed by atoms with Gasteiger partial charge in [-0.1, -0.05) is 39.0 Å². The third-order valence-corrected chi connectivity index (χ3v) is 3.01. The van der Waals surface area contributed by atoms with E-state index in [9.17, 15) is 0 Å². The van der Waals surface area contributed by atoms with Gasteiger partial charge in [0.15, 0.2) is 0 Å². The number of ether oxygens (including phenoxy) is 2. The molecular formula is C16H27NO2. The summed E-state index contributed by atoms with van der Waals surface area (Å²) in [5.74, 6) is 1.54. The Balaban J connectivity index is 2.44. The van der Waals surface area contributed by atoms with Gasteiger partial charge in [0, 0.05) is 24.8 Å². The Kier molecular flexibility index (Phi) is 7.53. The Hall–Kier alpha value is -1.06. The minimum absolute atomic E-state index is 0.318. The maximum atomic E-state index is 5.59. The van der Waals surface area contributed by atoms with Crippen LogP contribution >= 0.6 is 0 Å². The van der Waals surface area contributed by atoms with Crippen LogP contribution in [-0.4, -0.2) is 26.9 Å². The summed E-state index contributed by atoms with van der Waals surface area (Å²) in [7, 11) is 1.72. The Morgan fingerprint density at radius 2 is 1.95 bits per heavy atom. The van der Waals surface area contributed by atoms with E-state index in [1.165, 1.54) is 5.56 Å². The lowest BCUT2D eigenvalue weighted by atomic mass is 10.0. The molecule has 0 bridgehead atoms. The first-order valence-corrected chi connectivity index (χ1v) is 7.13. The van der Waals surface area contributed by atoms with Gasteiger partial charge in [-0.25, -0.2) is 0 Å². The fourth-order valence-electron chi connectivity index (χ4n) is 2.05. The van der Waals surface area contributed by atoms with Crippen molar-refractivity contribution in [3.8, 4) is 5.75 Å². The summed E-state index contributed by atoms with van der Waals surface area (Å²) in [4.78, 5) is 0. The molecule has 0 amide bonds. The maximum Gasteiger partial charge on any atom is 0.123 e. The van der Waals surface area contributed by atoms with Crippen LogP contribution in [0.4, 0.5) is 0 Å². The zero-order chi connectivity index (χ0) is 14.1. The molecule has 3 heteroatoms. The van der Waals surface area contributed by atoms with Crippen LogP contribution in [0.2, 0.25) is 0 Å². The van der Waals surface area contributed by atoms with Gasteiger partial charge in [-0.05, 0) is 18.4 Å². The molecule has 0 saturated carbocycles. The molecule has 0 spiro atoms. The molecule has 1 unspecified atom stereocenters. The summed E-state index contributed by atoms with van der Waals surface area (Å²) >= 11 is 0. The van der Waals surface area contributed by atoms with E-state index in [1.54, 1.807) is 7.11 Å². The van der Waals surface area contributed by atoms with Gasteiger partial charge < -0.3 is 14.8 Å². The van der Waals surface area contributed by atoms with Crippen LogP contribution in [0.15, 0.2) is 24.3 Å². The zero-order valence-corrected chi connectivity index (χ0v) is 12.6. The monoisotopic (exact) mass is 265 g/mol. The Morgan fingerprint density at radius 1 is 1.21 bits per heavy atom. The second-order valence-electron chi connectivity index (χ2n) is 5.13. The van der Waals surface area contributed by atoms with E-state index >= 15 is 0 Å². The fourth-order valence-corrected chi connectivity index (χ4v) is 2.05. The fraction of sp³-hybridized carbons (Fsp3) is 0.625.